The highest BCUT2D eigenvalue weighted by atomic mass is 16.3. The number of nitrogens with one attached hydrogen (secondary N) is 1. The van der Waals surface area contributed by atoms with Crippen LogP contribution in [-0.4, -0.2) is 24.0 Å². The van der Waals surface area contributed by atoms with Gasteiger partial charge in [0, 0.05) is 41.9 Å². The van der Waals surface area contributed by atoms with Crippen LogP contribution in [-0.2, 0) is 0 Å². The Hall–Kier alpha value is -2.82. The first-order chi connectivity index (χ1) is 12.2. The van der Waals surface area contributed by atoms with Gasteiger partial charge in [0.05, 0.1) is 17.5 Å². The van der Waals surface area contributed by atoms with Gasteiger partial charge >= 0.3 is 0 Å². The lowest BCUT2D eigenvalue weighted by Crippen LogP contribution is -2.29. The Bertz CT molecular complexity index is 910. The van der Waals surface area contributed by atoms with Gasteiger partial charge in [-0.1, -0.05) is 0 Å². The summed E-state index contributed by atoms with van der Waals surface area (Å²) in [5, 5.41) is 5.08. The fraction of sp³-hybridized carbons (Fsp3) is 0.300. The number of amides is 1. The minimum Gasteiger partial charge on any atom is -0.469 e. The van der Waals surface area contributed by atoms with E-state index in [4.69, 9.17) is 4.42 Å². The van der Waals surface area contributed by atoms with Crippen molar-refractivity contribution in [3.05, 3.63) is 54.2 Å². The van der Waals surface area contributed by atoms with Crippen molar-refractivity contribution in [1.29, 1.82) is 0 Å². The minimum atomic E-state index is -0.165. The minimum absolute atomic E-state index is 0.165. The second kappa shape index (κ2) is 6.59. The molecule has 1 aliphatic rings. The van der Waals surface area contributed by atoms with E-state index in [1.165, 1.54) is 31.2 Å². The van der Waals surface area contributed by atoms with Gasteiger partial charge < -0.3 is 14.6 Å². The van der Waals surface area contributed by atoms with Crippen LogP contribution in [0.1, 0.15) is 35.4 Å². The van der Waals surface area contributed by atoms with Crippen molar-refractivity contribution in [3.63, 3.8) is 0 Å². The molecule has 25 heavy (non-hydrogen) atoms. The average molecular weight is 335 g/mol. The molecule has 3 heterocycles. The number of nitrogens with zero attached hydrogens (tertiary/aromatic N) is 2. The first-order valence-electron chi connectivity index (χ1n) is 8.71. The summed E-state index contributed by atoms with van der Waals surface area (Å²) in [5.74, 6) is 0.451. The fourth-order valence-corrected chi connectivity index (χ4v) is 3.50. The van der Waals surface area contributed by atoms with Gasteiger partial charge in [-0.2, -0.15) is 0 Å². The van der Waals surface area contributed by atoms with Gasteiger partial charge in [-0.3, -0.25) is 9.78 Å². The molecule has 1 aromatic carbocycles. The number of aromatic nitrogens is 1. The van der Waals surface area contributed by atoms with Crippen molar-refractivity contribution in [1.82, 2.24) is 4.98 Å². The first kappa shape index (κ1) is 15.7. The highest BCUT2D eigenvalue weighted by Gasteiger charge is 2.17. The Morgan fingerprint density at radius 3 is 2.72 bits per heavy atom. The average Bonchev–Trinajstić information content (AvgIpc) is 3.09. The number of carbonyl (C=O) groups is 1. The molecule has 1 amide bonds. The number of aryl methyl sites for hydroxylation is 1. The van der Waals surface area contributed by atoms with Gasteiger partial charge in [-0.15, -0.1) is 0 Å². The van der Waals surface area contributed by atoms with Gasteiger partial charge in [0.2, 0.25) is 0 Å². The molecule has 0 unspecified atom stereocenters. The van der Waals surface area contributed by atoms with Gasteiger partial charge in [-0.25, -0.2) is 0 Å². The summed E-state index contributed by atoms with van der Waals surface area (Å²) in [6, 6.07) is 7.79. The van der Waals surface area contributed by atoms with Crippen LogP contribution >= 0.6 is 0 Å². The van der Waals surface area contributed by atoms with Crippen molar-refractivity contribution in [3.8, 4) is 0 Å². The molecule has 0 aliphatic carbocycles. The van der Waals surface area contributed by atoms with E-state index in [1.807, 2.05) is 24.5 Å². The van der Waals surface area contributed by atoms with Gasteiger partial charge in [0.25, 0.3) is 5.91 Å². The van der Waals surface area contributed by atoms with Crippen LogP contribution in [0.2, 0.25) is 0 Å². The number of hydrogen-bond donors (Lipinski definition) is 1. The van der Waals surface area contributed by atoms with E-state index in [9.17, 15) is 4.79 Å². The van der Waals surface area contributed by atoms with Crippen LogP contribution in [0, 0.1) is 6.92 Å². The number of fused-ring (bicyclic) bond motifs is 1. The molecule has 1 fully saturated rings. The fourth-order valence-electron chi connectivity index (χ4n) is 3.50. The lowest BCUT2D eigenvalue weighted by molar-refractivity contribution is 0.102. The predicted octanol–water partition coefficient (Wildman–Crippen LogP) is 4.38. The molecule has 1 saturated heterocycles. The lowest BCUT2D eigenvalue weighted by atomic mass is 10.0. The third-order valence-corrected chi connectivity index (χ3v) is 4.84. The van der Waals surface area contributed by atoms with Crippen LogP contribution in [0.5, 0.6) is 0 Å². The maximum absolute atomic E-state index is 12.5. The van der Waals surface area contributed by atoms with Gasteiger partial charge in [-0.05, 0) is 50.5 Å². The molecule has 5 heteroatoms. The first-order valence-corrected chi connectivity index (χ1v) is 8.71. The summed E-state index contributed by atoms with van der Waals surface area (Å²) < 4.78 is 5.23. The zero-order valence-corrected chi connectivity index (χ0v) is 14.3. The molecule has 1 N–H and O–H groups in total. The van der Waals surface area contributed by atoms with Crippen molar-refractivity contribution >= 4 is 28.1 Å². The summed E-state index contributed by atoms with van der Waals surface area (Å²) in [4.78, 5) is 19.2. The molecule has 1 aliphatic heterocycles. The van der Waals surface area contributed by atoms with Crippen LogP contribution < -0.4 is 10.2 Å². The molecular weight excluding hydrogens is 314 g/mol. The van der Waals surface area contributed by atoms with Gasteiger partial charge in [0.15, 0.2) is 0 Å². The van der Waals surface area contributed by atoms with E-state index in [0.29, 0.717) is 11.3 Å². The quantitative estimate of drug-likeness (QED) is 0.772. The van der Waals surface area contributed by atoms with E-state index in [1.54, 1.807) is 13.0 Å². The summed E-state index contributed by atoms with van der Waals surface area (Å²) in [7, 11) is 0. The Morgan fingerprint density at radius 1 is 1.12 bits per heavy atom. The second-order valence-electron chi connectivity index (χ2n) is 6.45. The van der Waals surface area contributed by atoms with Crippen molar-refractivity contribution in [2.24, 2.45) is 0 Å². The van der Waals surface area contributed by atoms with E-state index in [0.717, 1.165) is 29.5 Å². The van der Waals surface area contributed by atoms with E-state index in [2.05, 4.69) is 21.3 Å². The standard InChI is InChI=1S/C20H21N3O2/c1-14-15(8-12-25-14)20(24)22-18-5-6-19(23-10-3-2-4-11-23)16-7-9-21-13-17(16)18/h5-9,12-13H,2-4,10-11H2,1H3,(H,22,24). The number of benzene rings is 1. The summed E-state index contributed by atoms with van der Waals surface area (Å²) in [6.07, 6.45) is 8.91. The molecule has 0 spiro atoms. The van der Waals surface area contributed by atoms with Crippen LogP contribution in [0.25, 0.3) is 10.8 Å². The summed E-state index contributed by atoms with van der Waals surface area (Å²) >= 11 is 0. The molecular formula is C20H21N3O2. The molecule has 0 atom stereocenters. The smallest absolute Gasteiger partial charge is 0.259 e. The zero-order chi connectivity index (χ0) is 17.2. The van der Waals surface area contributed by atoms with Crippen LogP contribution in [0.3, 0.4) is 0 Å². The zero-order valence-electron chi connectivity index (χ0n) is 14.3. The molecule has 3 aromatic rings. The van der Waals surface area contributed by atoms with Crippen molar-refractivity contribution < 1.29 is 9.21 Å². The Kier molecular flexibility index (Phi) is 4.14. The molecule has 5 nitrogen and oxygen atoms in total. The van der Waals surface area contributed by atoms with Crippen molar-refractivity contribution in [2.45, 2.75) is 26.2 Å². The number of anilines is 2. The van der Waals surface area contributed by atoms with Crippen LogP contribution in [0.4, 0.5) is 11.4 Å². The number of piperidine rings is 1. The van der Waals surface area contributed by atoms with E-state index >= 15 is 0 Å². The van der Waals surface area contributed by atoms with E-state index in [-0.39, 0.29) is 5.91 Å². The number of hydrogen-bond acceptors (Lipinski definition) is 4. The molecule has 0 radical (unpaired) electrons. The number of pyridine rings is 1. The normalized spacial score (nSPS) is 14.7. The molecule has 2 aromatic heterocycles. The largest absolute Gasteiger partial charge is 0.469 e. The third-order valence-electron chi connectivity index (χ3n) is 4.84. The Labute approximate surface area is 146 Å². The second-order valence-corrected chi connectivity index (χ2v) is 6.45. The number of rotatable bonds is 3. The van der Waals surface area contributed by atoms with Crippen LogP contribution in [0.15, 0.2) is 47.3 Å². The SMILES string of the molecule is Cc1occc1C(=O)Nc1ccc(N2CCCCC2)c2ccncc12. The van der Waals surface area contributed by atoms with E-state index < -0.39 is 0 Å². The maximum atomic E-state index is 12.5. The topological polar surface area (TPSA) is 58.4 Å². The highest BCUT2D eigenvalue weighted by Crippen LogP contribution is 2.33. The summed E-state index contributed by atoms with van der Waals surface area (Å²) in [5.41, 5.74) is 2.54. The monoisotopic (exact) mass is 335 g/mol. The van der Waals surface area contributed by atoms with Gasteiger partial charge in [0.1, 0.15) is 5.76 Å². The highest BCUT2D eigenvalue weighted by molar-refractivity contribution is 6.11. The molecule has 0 bridgehead atoms. The predicted molar refractivity (Wildman–Crippen MR) is 99.2 cm³/mol. The maximum Gasteiger partial charge on any atom is 0.259 e. The third kappa shape index (κ3) is 2.97. The molecule has 128 valence electrons. The number of carbonyl (C=O) groups excluding carboxylic acids is 1. The molecule has 4 rings (SSSR count). The number of furan rings is 1. The summed E-state index contributed by atoms with van der Waals surface area (Å²) in [6.45, 7) is 3.95. The Morgan fingerprint density at radius 2 is 1.96 bits per heavy atom. The molecule has 0 saturated carbocycles. The lowest BCUT2D eigenvalue weighted by Gasteiger charge is -2.30. The van der Waals surface area contributed by atoms with Crippen molar-refractivity contribution in [2.75, 3.05) is 23.3 Å². The Balaban J connectivity index is 1.71.